The molecule has 1 aromatic heterocycles. The highest BCUT2D eigenvalue weighted by Gasteiger charge is 2.19. The monoisotopic (exact) mass is 586 g/mol. The molecule has 8 aromatic carbocycles. The van der Waals surface area contributed by atoms with E-state index in [2.05, 4.69) is 191 Å². The van der Waals surface area contributed by atoms with Crippen LogP contribution in [0.5, 0.6) is 0 Å². The van der Waals surface area contributed by atoms with Gasteiger partial charge in [-0.25, -0.2) is 0 Å². The third-order valence-corrected chi connectivity index (χ3v) is 9.14. The van der Waals surface area contributed by atoms with Gasteiger partial charge in [0.15, 0.2) is 0 Å². The molecule has 0 aliphatic heterocycles. The zero-order valence-electron chi connectivity index (χ0n) is 25.2. The molecule has 0 unspecified atom stereocenters. The van der Waals surface area contributed by atoms with Gasteiger partial charge in [-0.15, -0.1) is 0 Å². The number of rotatable bonds is 5. The quantitative estimate of drug-likeness (QED) is 0.195. The maximum atomic E-state index is 2.45. The number of benzene rings is 8. The van der Waals surface area contributed by atoms with Crippen LogP contribution in [0.2, 0.25) is 0 Å². The van der Waals surface area contributed by atoms with Crippen molar-refractivity contribution in [3.05, 3.63) is 182 Å². The fourth-order valence-electron chi connectivity index (χ4n) is 7.02. The third-order valence-electron chi connectivity index (χ3n) is 9.14. The molecule has 0 bridgehead atoms. The Morgan fingerprint density at radius 2 is 0.935 bits per heavy atom. The average molecular weight is 587 g/mol. The first-order valence-electron chi connectivity index (χ1n) is 15.8. The van der Waals surface area contributed by atoms with E-state index in [1.165, 1.54) is 60.2 Å². The summed E-state index contributed by atoms with van der Waals surface area (Å²) in [5.74, 6) is 0. The fourth-order valence-corrected chi connectivity index (χ4v) is 7.02. The Labute approximate surface area is 268 Å². The van der Waals surface area contributed by atoms with Gasteiger partial charge in [0.05, 0.1) is 22.4 Å². The third kappa shape index (κ3) is 4.27. The predicted octanol–water partition coefficient (Wildman–Crippen LogP) is 12.2. The number of anilines is 3. The Hall–Kier alpha value is -6.12. The van der Waals surface area contributed by atoms with Crippen molar-refractivity contribution in [2.75, 3.05) is 4.90 Å². The summed E-state index contributed by atoms with van der Waals surface area (Å²) >= 11 is 0. The van der Waals surface area contributed by atoms with E-state index in [1.807, 2.05) is 0 Å². The molecule has 0 radical (unpaired) electrons. The van der Waals surface area contributed by atoms with Gasteiger partial charge >= 0.3 is 0 Å². The number of fused-ring (bicyclic) bond motifs is 5. The number of hydrogen-bond acceptors (Lipinski definition) is 1. The summed E-state index contributed by atoms with van der Waals surface area (Å²) in [5.41, 5.74) is 9.41. The smallest absolute Gasteiger partial charge is 0.0547 e. The van der Waals surface area contributed by atoms with Crippen LogP contribution in [0.25, 0.3) is 60.2 Å². The summed E-state index contributed by atoms with van der Waals surface area (Å²) in [6.07, 6.45) is 0. The number of para-hydroxylation sites is 2. The Bertz CT molecular complexity index is 2510. The van der Waals surface area contributed by atoms with Crippen molar-refractivity contribution < 1.29 is 0 Å². The van der Waals surface area contributed by atoms with Gasteiger partial charge in [0.25, 0.3) is 0 Å². The van der Waals surface area contributed by atoms with E-state index >= 15 is 0 Å². The van der Waals surface area contributed by atoms with E-state index in [0.29, 0.717) is 0 Å². The van der Waals surface area contributed by atoms with Crippen LogP contribution >= 0.6 is 0 Å². The first-order valence-corrected chi connectivity index (χ1v) is 15.8. The van der Waals surface area contributed by atoms with Crippen LogP contribution in [0.4, 0.5) is 17.1 Å². The lowest BCUT2D eigenvalue weighted by molar-refractivity contribution is 1.20. The van der Waals surface area contributed by atoms with Gasteiger partial charge in [0.1, 0.15) is 0 Å². The molecule has 9 rings (SSSR count). The van der Waals surface area contributed by atoms with Gasteiger partial charge in [-0.2, -0.15) is 0 Å². The minimum atomic E-state index is 1.12. The molecule has 0 N–H and O–H groups in total. The van der Waals surface area contributed by atoms with Gasteiger partial charge in [0.2, 0.25) is 0 Å². The second-order valence-electron chi connectivity index (χ2n) is 11.8. The Morgan fingerprint density at radius 1 is 0.348 bits per heavy atom. The van der Waals surface area contributed by atoms with Gasteiger partial charge < -0.3 is 9.47 Å². The lowest BCUT2D eigenvalue weighted by Crippen LogP contribution is -2.10. The van der Waals surface area contributed by atoms with Crippen molar-refractivity contribution in [3.8, 4) is 16.8 Å². The van der Waals surface area contributed by atoms with Crippen molar-refractivity contribution in [2.45, 2.75) is 0 Å². The van der Waals surface area contributed by atoms with E-state index in [4.69, 9.17) is 0 Å². The summed E-state index contributed by atoms with van der Waals surface area (Å²) in [7, 11) is 0. The van der Waals surface area contributed by atoms with Crippen LogP contribution < -0.4 is 4.90 Å². The van der Waals surface area contributed by atoms with Gasteiger partial charge in [-0.05, 0) is 76.5 Å². The molecular weight excluding hydrogens is 556 g/mol. The van der Waals surface area contributed by atoms with Crippen molar-refractivity contribution in [1.29, 1.82) is 0 Å². The molecule has 2 nitrogen and oxygen atoms in total. The van der Waals surface area contributed by atoms with Crippen LogP contribution in [-0.4, -0.2) is 4.57 Å². The Balaban J connectivity index is 1.27. The molecule has 0 saturated carbocycles. The molecule has 0 saturated heterocycles. The Morgan fingerprint density at radius 3 is 1.74 bits per heavy atom. The summed E-state index contributed by atoms with van der Waals surface area (Å²) < 4.78 is 2.45. The summed E-state index contributed by atoms with van der Waals surface area (Å²) in [5, 5.41) is 7.44. The van der Waals surface area contributed by atoms with Crippen LogP contribution in [0.1, 0.15) is 0 Å². The second-order valence-corrected chi connectivity index (χ2v) is 11.8. The van der Waals surface area contributed by atoms with E-state index in [-0.39, 0.29) is 0 Å². The lowest BCUT2D eigenvalue weighted by Gasteiger charge is -2.27. The van der Waals surface area contributed by atoms with Crippen LogP contribution in [0, 0.1) is 0 Å². The van der Waals surface area contributed by atoms with Crippen molar-refractivity contribution in [3.63, 3.8) is 0 Å². The molecule has 216 valence electrons. The SMILES string of the molecule is c1ccc(-c2ccc(N(c3ccccc3)c3cccc4c(-n5c6ccccc6c6cc7ccccc7cc65)cccc34)cc2)cc1. The molecule has 1 heterocycles. The van der Waals surface area contributed by atoms with Crippen molar-refractivity contribution >= 4 is 60.4 Å². The molecule has 0 amide bonds. The van der Waals surface area contributed by atoms with Crippen molar-refractivity contribution in [1.82, 2.24) is 4.57 Å². The standard InChI is InChI=1S/C44H30N2/c1-3-13-31(14-4-1)32-25-27-36(28-26-32)45(35-17-5-2-6-18-35)41-23-11-21-38-37(41)20-12-24-43(38)46-42-22-10-9-19-39(42)40-29-33-15-7-8-16-34(33)30-44(40)46/h1-30H. The predicted molar refractivity (Wildman–Crippen MR) is 196 cm³/mol. The zero-order chi connectivity index (χ0) is 30.5. The molecule has 9 aromatic rings. The molecular formula is C44H30N2. The first kappa shape index (κ1) is 26.3. The molecule has 0 aliphatic rings. The molecule has 2 heteroatoms. The Kier molecular flexibility index (Phi) is 6.17. The van der Waals surface area contributed by atoms with Gasteiger partial charge in [0, 0.05) is 32.9 Å². The summed E-state index contributed by atoms with van der Waals surface area (Å²) in [6.45, 7) is 0. The van der Waals surface area contributed by atoms with Gasteiger partial charge in [-0.3, -0.25) is 0 Å². The number of hydrogen-bond donors (Lipinski definition) is 0. The topological polar surface area (TPSA) is 8.17 Å². The largest absolute Gasteiger partial charge is 0.310 e. The van der Waals surface area contributed by atoms with Crippen LogP contribution in [-0.2, 0) is 0 Å². The average Bonchev–Trinajstić information content (AvgIpc) is 3.44. The number of aromatic nitrogens is 1. The van der Waals surface area contributed by atoms with Crippen LogP contribution in [0.3, 0.4) is 0 Å². The highest BCUT2D eigenvalue weighted by atomic mass is 15.1. The van der Waals surface area contributed by atoms with E-state index in [9.17, 15) is 0 Å². The maximum Gasteiger partial charge on any atom is 0.0547 e. The van der Waals surface area contributed by atoms with E-state index in [1.54, 1.807) is 0 Å². The second kappa shape index (κ2) is 10.8. The van der Waals surface area contributed by atoms with Gasteiger partial charge in [-0.1, -0.05) is 127 Å². The highest BCUT2D eigenvalue weighted by molar-refractivity contribution is 6.15. The molecule has 0 atom stereocenters. The maximum absolute atomic E-state index is 2.45. The minimum absolute atomic E-state index is 1.12. The van der Waals surface area contributed by atoms with Crippen molar-refractivity contribution in [2.24, 2.45) is 0 Å². The summed E-state index contributed by atoms with van der Waals surface area (Å²) in [6, 6.07) is 65.7. The van der Waals surface area contributed by atoms with E-state index in [0.717, 1.165) is 17.1 Å². The minimum Gasteiger partial charge on any atom is -0.310 e. The zero-order valence-corrected chi connectivity index (χ0v) is 25.2. The highest BCUT2D eigenvalue weighted by Crippen LogP contribution is 2.42. The fraction of sp³-hybridized carbons (Fsp3) is 0. The molecule has 0 fully saturated rings. The van der Waals surface area contributed by atoms with Crippen LogP contribution in [0.15, 0.2) is 182 Å². The lowest BCUT2D eigenvalue weighted by atomic mass is 10.0. The molecule has 46 heavy (non-hydrogen) atoms. The number of nitrogens with zero attached hydrogens (tertiary/aromatic N) is 2. The van der Waals surface area contributed by atoms with E-state index < -0.39 is 0 Å². The molecule has 0 spiro atoms. The normalized spacial score (nSPS) is 11.5. The first-order chi connectivity index (χ1) is 22.8. The molecule has 0 aliphatic carbocycles. The summed E-state index contributed by atoms with van der Waals surface area (Å²) in [4.78, 5) is 2.38.